The van der Waals surface area contributed by atoms with Crippen LogP contribution in [-0.2, 0) is 16.6 Å². The molecule has 3 aromatic rings. The van der Waals surface area contributed by atoms with Crippen LogP contribution in [-0.4, -0.2) is 36.4 Å². The van der Waals surface area contributed by atoms with Crippen molar-refractivity contribution in [3.05, 3.63) is 77.5 Å². The molecule has 3 heterocycles. The van der Waals surface area contributed by atoms with Gasteiger partial charge in [0.25, 0.3) is 15.9 Å². The second kappa shape index (κ2) is 10.5. The summed E-state index contributed by atoms with van der Waals surface area (Å²) in [5.41, 5.74) is 2.33. The van der Waals surface area contributed by atoms with Crippen LogP contribution in [0.2, 0.25) is 0 Å². The SMILES string of the molecule is CC1CN(c2ncccc2C(=O)NS(=O)(=O)c2cccc(NCc3ccc(C(C)C)cc3)n2)C(C)(C)C1. The minimum atomic E-state index is -4.21. The molecule has 0 radical (unpaired) electrons. The predicted octanol–water partition coefficient (Wildman–Crippen LogP) is 4.96. The number of nitrogens with one attached hydrogen (secondary N) is 2. The summed E-state index contributed by atoms with van der Waals surface area (Å²) >= 11 is 0. The van der Waals surface area contributed by atoms with E-state index >= 15 is 0 Å². The van der Waals surface area contributed by atoms with Crippen molar-refractivity contribution in [3.8, 4) is 0 Å². The number of hydrogen-bond donors (Lipinski definition) is 2. The normalized spacial score (nSPS) is 17.1. The van der Waals surface area contributed by atoms with E-state index in [0.717, 1.165) is 18.5 Å². The Labute approximate surface area is 219 Å². The van der Waals surface area contributed by atoms with Crippen LogP contribution < -0.4 is 14.9 Å². The third-order valence-electron chi connectivity index (χ3n) is 6.71. The molecule has 2 aromatic heterocycles. The first-order chi connectivity index (χ1) is 17.5. The van der Waals surface area contributed by atoms with Crippen molar-refractivity contribution in [1.29, 1.82) is 0 Å². The maximum Gasteiger partial charge on any atom is 0.281 e. The number of carbonyl (C=O) groups excluding carboxylic acids is 1. The van der Waals surface area contributed by atoms with E-state index in [0.29, 0.717) is 30.0 Å². The molecule has 1 saturated heterocycles. The second-order valence-electron chi connectivity index (χ2n) is 10.7. The number of carbonyl (C=O) groups is 1. The molecule has 196 valence electrons. The summed E-state index contributed by atoms with van der Waals surface area (Å²) in [6.45, 7) is 11.9. The first-order valence-electron chi connectivity index (χ1n) is 12.6. The van der Waals surface area contributed by atoms with Gasteiger partial charge in [0, 0.05) is 24.8 Å². The zero-order valence-electron chi connectivity index (χ0n) is 22.0. The van der Waals surface area contributed by atoms with E-state index in [9.17, 15) is 13.2 Å². The fourth-order valence-electron chi connectivity index (χ4n) is 4.85. The van der Waals surface area contributed by atoms with E-state index in [1.54, 1.807) is 30.5 Å². The maximum atomic E-state index is 13.2. The van der Waals surface area contributed by atoms with Gasteiger partial charge in [-0.05, 0) is 67.5 Å². The molecule has 1 amide bonds. The minimum Gasteiger partial charge on any atom is -0.366 e. The molecule has 1 aliphatic heterocycles. The highest BCUT2D eigenvalue weighted by Gasteiger charge is 2.39. The molecule has 0 spiro atoms. The van der Waals surface area contributed by atoms with Crippen molar-refractivity contribution in [1.82, 2.24) is 14.7 Å². The van der Waals surface area contributed by atoms with Crippen LogP contribution in [0.3, 0.4) is 0 Å². The second-order valence-corrected chi connectivity index (χ2v) is 12.3. The van der Waals surface area contributed by atoms with Crippen LogP contribution in [0.5, 0.6) is 0 Å². The van der Waals surface area contributed by atoms with E-state index in [4.69, 9.17) is 0 Å². The van der Waals surface area contributed by atoms with Gasteiger partial charge in [-0.15, -0.1) is 0 Å². The molecule has 1 aromatic carbocycles. The summed E-state index contributed by atoms with van der Waals surface area (Å²) in [4.78, 5) is 23.9. The molecule has 0 aliphatic carbocycles. The highest BCUT2D eigenvalue weighted by molar-refractivity contribution is 7.90. The Balaban J connectivity index is 1.49. The van der Waals surface area contributed by atoms with Gasteiger partial charge in [-0.1, -0.05) is 51.1 Å². The summed E-state index contributed by atoms with van der Waals surface area (Å²) in [5.74, 6) is 1.04. The van der Waals surface area contributed by atoms with Crippen LogP contribution in [0.1, 0.15) is 68.4 Å². The number of nitrogens with zero attached hydrogens (tertiary/aromatic N) is 3. The number of amides is 1. The third kappa shape index (κ3) is 6.10. The molecule has 1 aliphatic rings. The molecule has 1 atom stereocenters. The molecular formula is C28H35N5O3S. The van der Waals surface area contributed by atoms with Gasteiger partial charge in [-0.3, -0.25) is 4.79 Å². The van der Waals surface area contributed by atoms with Crippen molar-refractivity contribution in [2.75, 3.05) is 16.8 Å². The molecule has 4 rings (SSSR count). The van der Waals surface area contributed by atoms with E-state index in [1.807, 2.05) is 12.1 Å². The van der Waals surface area contributed by atoms with Crippen LogP contribution in [0.15, 0.2) is 65.8 Å². The van der Waals surface area contributed by atoms with E-state index in [2.05, 4.69) is 71.7 Å². The summed E-state index contributed by atoms with van der Waals surface area (Å²) < 4.78 is 28.4. The van der Waals surface area contributed by atoms with Gasteiger partial charge in [0.15, 0.2) is 5.03 Å². The van der Waals surface area contributed by atoms with Crippen molar-refractivity contribution in [2.24, 2.45) is 5.92 Å². The lowest BCUT2D eigenvalue weighted by molar-refractivity contribution is 0.0981. The van der Waals surface area contributed by atoms with Gasteiger partial charge < -0.3 is 10.2 Å². The maximum absolute atomic E-state index is 13.2. The monoisotopic (exact) mass is 521 g/mol. The number of aromatic nitrogens is 2. The average Bonchev–Trinajstić information content (AvgIpc) is 3.14. The average molecular weight is 522 g/mol. The van der Waals surface area contributed by atoms with Crippen molar-refractivity contribution >= 4 is 27.6 Å². The lowest BCUT2D eigenvalue weighted by atomic mass is 9.97. The molecule has 1 fully saturated rings. The van der Waals surface area contributed by atoms with Gasteiger partial charge in [0.1, 0.15) is 11.6 Å². The molecule has 0 bridgehead atoms. The molecule has 2 N–H and O–H groups in total. The fraction of sp³-hybridized carbons (Fsp3) is 0.393. The Morgan fingerprint density at radius 3 is 2.49 bits per heavy atom. The largest absolute Gasteiger partial charge is 0.366 e. The number of hydrogen-bond acceptors (Lipinski definition) is 7. The number of anilines is 2. The van der Waals surface area contributed by atoms with Gasteiger partial charge in [0.2, 0.25) is 0 Å². The first-order valence-corrected chi connectivity index (χ1v) is 14.0. The Bertz CT molecular complexity index is 1370. The number of benzene rings is 1. The van der Waals surface area contributed by atoms with Gasteiger partial charge >= 0.3 is 0 Å². The van der Waals surface area contributed by atoms with Crippen molar-refractivity contribution in [2.45, 2.75) is 64.1 Å². The lowest BCUT2D eigenvalue weighted by Gasteiger charge is -2.33. The summed E-state index contributed by atoms with van der Waals surface area (Å²) in [6.07, 6.45) is 2.57. The Morgan fingerprint density at radius 1 is 1.11 bits per heavy atom. The Kier molecular flexibility index (Phi) is 7.54. The zero-order chi connectivity index (χ0) is 26.8. The molecule has 8 nitrogen and oxygen atoms in total. The van der Waals surface area contributed by atoms with Crippen LogP contribution in [0.25, 0.3) is 0 Å². The van der Waals surface area contributed by atoms with E-state index in [-0.39, 0.29) is 16.1 Å². The van der Waals surface area contributed by atoms with Crippen molar-refractivity contribution in [3.63, 3.8) is 0 Å². The third-order valence-corrected chi connectivity index (χ3v) is 7.94. The van der Waals surface area contributed by atoms with Crippen molar-refractivity contribution < 1.29 is 13.2 Å². The first kappa shape index (κ1) is 26.6. The molecule has 37 heavy (non-hydrogen) atoms. The zero-order valence-corrected chi connectivity index (χ0v) is 22.8. The highest BCUT2D eigenvalue weighted by Crippen LogP contribution is 2.37. The Morgan fingerprint density at radius 2 is 1.84 bits per heavy atom. The van der Waals surface area contributed by atoms with Gasteiger partial charge in [-0.2, -0.15) is 8.42 Å². The summed E-state index contributed by atoms with van der Waals surface area (Å²) in [6, 6.07) is 16.1. The molecule has 1 unspecified atom stereocenters. The van der Waals surface area contributed by atoms with Crippen LogP contribution >= 0.6 is 0 Å². The fourth-order valence-corrected chi connectivity index (χ4v) is 5.79. The Hall–Kier alpha value is -3.46. The van der Waals surface area contributed by atoms with Gasteiger partial charge in [0.05, 0.1) is 5.56 Å². The molecule has 9 heteroatoms. The molecular weight excluding hydrogens is 486 g/mol. The van der Waals surface area contributed by atoms with Crippen LogP contribution in [0, 0.1) is 5.92 Å². The summed E-state index contributed by atoms with van der Waals surface area (Å²) in [5, 5.41) is 2.93. The standard InChI is InChI=1S/C28H35N5O3S/c1-19(2)22-13-11-21(12-14-22)17-30-24-9-6-10-25(31-24)37(35,36)32-27(34)23-8-7-15-29-26(23)33-18-20(3)16-28(33,4)5/h6-15,19-20H,16-18H2,1-5H3,(H,30,31)(H,32,34). The molecule has 0 saturated carbocycles. The highest BCUT2D eigenvalue weighted by atomic mass is 32.2. The number of pyridine rings is 2. The van der Waals surface area contributed by atoms with E-state index < -0.39 is 15.9 Å². The smallest absolute Gasteiger partial charge is 0.281 e. The van der Waals surface area contributed by atoms with Gasteiger partial charge in [-0.25, -0.2) is 14.7 Å². The van der Waals surface area contributed by atoms with Crippen LogP contribution in [0.4, 0.5) is 11.6 Å². The minimum absolute atomic E-state index is 0.196. The summed E-state index contributed by atoms with van der Waals surface area (Å²) in [7, 11) is -4.21. The number of sulfonamides is 1. The quantitative estimate of drug-likeness (QED) is 0.432. The number of rotatable bonds is 8. The van der Waals surface area contributed by atoms with E-state index in [1.165, 1.54) is 11.6 Å². The topological polar surface area (TPSA) is 104 Å². The lowest BCUT2D eigenvalue weighted by Crippen LogP contribution is -2.41. The predicted molar refractivity (Wildman–Crippen MR) is 146 cm³/mol.